The third kappa shape index (κ3) is 4.40. The fraction of sp³-hybridized carbons (Fsp3) is 0.545. The van der Waals surface area contributed by atoms with Crippen molar-refractivity contribution in [1.29, 1.82) is 0 Å². The fourth-order valence-corrected chi connectivity index (χ4v) is 4.00. The van der Waals surface area contributed by atoms with Crippen molar-refractivity contribution in [3.63, 3.8) is 0 Å². The molecule has 3 rings (SSSR count). The summed E-state index contributed by atoms with van der Waals surface area (Å²) >= 11 is 0. The highest BCUT2D eigenvalue weighted by molar-refractivity contribution is 5.89. The third-order valence-corrected chi connectivity index (χ3v) is 5.73. The van der Waals surface area contributed by atoms with Gasteiger partial charge in [0.25, 0.3) is 0 Å². The van der Waals surface area contributed by atoms with E-state index in [2.05, 4.69) is 6.92 Å². The maximum Gasteiger partial charge on any atom is 0.420 e. The molecule has 0 heterocycles. The van der Waals surface area contributed by atoms with Crippen LogP contribution in [0.5, 0.6) is 5.75 Å². The number of aliphatic hydroxyl groups is 1. The summed E-state index contributed by atoms with van der Waals surface area (Å²) in [5.41, 5.74) is -0.0835. The summed E-state index contributed by atoms with van der Waals surface area (Å²) < 4.78 is 47.4. The van der Waals surface area contributed by atoms with E-state index in [0.717, 1.165) is 32.1 Å². The van der Waals surface area contributed by atoms with Crippen molar-refractivity contribution in [2.45, 2.75) is 70.8 Å². The molecule has 1 unspecified atom stereocenters. The summed E-state index contributed by atoms with van der Waals surface area (Å²) in [5, 5.41) is 10.6. The van der Waals surface area contributed by atoms with Gasteiger partial charge in [0.05, 0.1) is 12.2 Å². The smallest absolute Gasteiger partial charge is 0.420 e. The highest BCUT2D eigenvalue weighted by atomic mass is 19.4. The van der Waals surface area contributed by atoms with Gasteiger partial charge in [-0.15, -0.1) is 0 Å². The Balaban J connectivity index is 1.95. The maximum absolute atomic E-state index is 13.8. The second-order valence-electron chi connectivity index (χ2n) is 7.51. The van der Waals surface area contributed by atoms with Gasteiger partial charge in [0.15, 0.2) is 0 Å². The van der Waals surface area contributed by atoms with Gasteiger partial charge in [0.1, 0.15) is 11.3 Å². The van der Waals surface area contributed by atoms with Crippen LogP contribution < -0.4 is 4.74 Å². The Morgan fingerprint density at radius 3 is 2.37 bits per heavy atom. The SMILES string of the molecule is CCC(O)c1ccc2c(C(F)(F)F)c(O[C@H]3CC[C@@H](CC)CC3)ccc2c1. The predicted octanol–water partition coefficient (Wildman–Crippen LogP) is 6.65. The van der Waals surface area contributed by atoms with E-state index in [0.29, 0.717) is 23.3 Å². The van der Waals surface area contributed by atoms with Crippen molar-refractivity contribution < 1.29 is 23.0 Å². The van der Waals surface area contributed by atoms with Crippen molar-refractivity contribution in [2.24, 2.45) is 5.92 Å². The first kappa shape index (κ1) is 20.0. The predicted molar refractivity (Wildman–Crippen MR) is 101 cm³/mol. The summed E-state index contributed by atoms with van der Waals surface area (Å²) in [5.74, 6) is 0.575. The van der Waals surface area contributed by atoms with Crippen LogP contribution in [0.15, 0.2) is 30.3 Å². The van der Waals surface area contributed by atoms with Gasteiger partial charge in [0, 0.05) is 0 Å². The monoisotopic (exact) mass is 380 g/mol. The largest absolute Gasteiger partial charge is 0.490 e. The summed E-state index contributed by atoms with van der Waals surface area (Å²) in [7, 11) is 0. The molecule has 1 fully saturated rings. The van der Waals surface area contributed by atoms with E-state index in [9.17, 15) is 18.3 Å². The van der Waals surface area contributed by atoms with Crippen molar-refractivity contribution in [3.8, 4) is 5.75 Å². The number of hydrogen-bond acceptors (Lipinski definition) is 2. The van der Waals surface area contributed by atoms with Crippen LogP contribution >= 0.6 is 0 Å². The Bertz CT molecular complexity index is 777. The van der Waals surface area contributed by atoms with Crippen LogP contribution in [0.4, 0.5) is 13.2 Å². The number of halogens is 3. The van der Waals surface area contributed by atoms with Crippen molar-refractivity contribution >= 4 is 10.8 Å². The van der Waals surface area contributed by atoms with Gasteiger partial charge in [-0.1, -0.05) is 38.5 Å². The average Bonchev–Trinajstić information content (AvgIpc) is 2.66. The van der Waals surface area contributed by atoms with Gasteiger partial charge in [-0.2, -0.15) is 13.2 Å². The van der Waals surface area contributed by atoms with Crippen LogP contribution in [-0.2, 0) is 6.18 Å². The molecule has 0 aromatic heterocycles. The fourth-order valence-electron chi connectivity index (χ4n) is 4.00. The lowest BCUT2D eigenvalue weighted by molar-refractivity contribution is -0.138. The molecule has 5 heteroatoms. The molecule has 148 valence electrons. The maximum atomic E-state index is 13.8. The minimum atomic E-state index is -4.50. The lowest BCUT2D eigenvalue weighted by atomic mass is 9.86. The van der Waals surface area contributed by atoms with Crippen LogP contribution in [0.3, 0.4) is 0 Å². The standard InChI is InChI=1S/C22H27F3O2/c1-3-14-5-9-17(10-6-14)27-20-12-8-15-13-16(19(26)4-2)7-11-18(15)21(20)22(23,24)25/h7-8,11-14,17,19,26H,3-6,9-10H2,1-2H3/t14-,17+,19?. The Labute approximate surface area is 158 Å². The molecule has 27 heavy (non-hydrogen) atoms. The Hall–Kier alpha value is -1.75. The third-order valence-electron chi connectivity index (χ3n) is 5.73. The second kappa shape index (κ2) is 8.09. The molecule has 0 amide bonds. The van der Waals surface area contributed by atoms with Crippen molar-refractivity contribution in [3.05, 3.63) is 41.5 Å². The van der Waals surface area contributed by atoms with Crippen molar-refractivity contribution in [2.75, 3.05) is 0 Å². The molecule has 2 aromatic rings. The molecule has 2 aromatic carbocycles. The van der Waals surface area contributed by atoms with Gasteiger partial charge in [-0.25, -0.2) is 0 Å². The van der Waals surface area contributed by atoms with Crippen LogP contribution in [0, 0.1) is 5.92 Å². The number of alkyl halides is 3. The zero-order valence-electron chi connectivity index (χ0n) is 15.9. The zero-order valence-corrected chi connectivity index (χ0v) is 15.9. The van der Waals surface area contributed by atoms with E-state index in [-0.39, 0.29) is 17.2 Å². The Morgan fingerprint density at radius 2 is 1.78 bits per heavy atom. The van der Waals surface area contributed by atoms with Crippen LogP contribution in [-0.4, -0.2) is 11.2 Å². The number of hydrogen-bond donors (Lipinski definition) is 1. The van der Waals surface area contributed by atoms with Gasteiger partial charge in [0.2, 0.25) is 0 Å². The van der Waals surface area contributed by atoms with Gasteiger partial charge in [-0.3, -0.25) is 0 Å². The molecule has 1 aliphatic rings. The molecule has 1 aliphatic carbocycles. The number of benzene rings is 2. The zero-order chi connectivity index (χ0) is 19.6. The summed E-state index contributed by atoms with van der Waals surface area (Å²) in [6.07, 6.45) is -0.0867. The molecule has 0 aliphatic heterocycles. The minimum absolute atomic E-state index is 0.0845. The summed E-state index contributed by atoms with van der Waals surface area (Å²) in [4.78, 5) is 0. The van der Waals surface area contributed by atoms with Gasteiger partial charge < -0.3 is 9.84 Å². The molecular weight excluding hydrogens is 353 g/mol. The van der Waals surface area contributed by atoms with Crippen LogP contribution in [0.2, 0.25) is 0 Å². The van der Waals surface area contributed by atoms with E-state index >= 15 is 0 Å². The first-order valence-electron chi connectivity index (χ1n) is 9.82. The molecule has 1 saturated carbocycles. The van der Waals surface area contributed by atoms with Crippen LogP contribution in [0.1, 0.15) is 69.6 Å². The van der Waals surface area contributed by atoms with E-state index in [1.165, 1.54) is 12.1 Å². The molecule has 1 atom stereocenters. The Morgan fingerprint density at radius 1 is 1.07 bits per heavy atom. The molecule has 1 N–H and O–H groups in total. The summed E-state index contributed by atoms with van der Waals surface area (Å²) in [6, 6.07) is 7.74. The number of ether oxygens (including phenoxy) is 1. The summed E-state index contributed by atoms with van der Waals surface area (Å²) in [6.45, 7) is 3.99. The lowest BCUT2D eigenvalue weighted by Gasteiger charge is -2.29. The number of rotatable bonds is 5. The van der Waals surface area contributed by atoms with Crippen LogP contribution in [0.25, 0.3) is 10.8 Å². The van der Waals surface area contributed by atoms with Crippen molar-refractivity contribution in [1.82, 2.24) is 0 Å². The van der Waals surface area contributed by atoms with Gasteiger partial charge >= 0.3 is 6.18 Å². The topological polar surface area (TPSA) is 29.5 Å². The highest BCUT2D eigenvalue weighted by Gasteiger charge is 2.37. The van der Waals surface area contributed by atoms with E-state index in [1.807, 2.05) is 6.92 Å². The van der Waals surface area contributed by atoms with E-state index < -0.39 is 17.8 Å². The highest BCUT2D eigenvalue weighted by Crippen LogP contribution is 2.43. The average molecular weight is 380 g/mol. The van der Waals surface area contributed by atoms with E-state index in [1.54, 1.807) is 18.2 Å². The second-order valence-corrected chi connectivity index (χ2v) is 7.51. The Kier molecular flexibility index (Phi) is 5.99. The van der Waals surface area contributed by atoms with Gasteiger partial charge in [-0.05, 0) is 66.5 Å². The molecule has 2 nitrogen and oxygen atoms in total. The molecule has 0 radical (unpaired) electrons. The number of aliphatic hydroxyl groups excluding tert-OH is 1. The normalized spacial score (nSPS) is 22.0. The molecular formula is C22H27F3O2. The lowest BCUT2D eigenvalue weighted by Crippen LogP contribution is -2.25. The number of fused-ring (bicyclic) bond motifs is 1. The molecule has 0 bridgehead atoms. The van der Waals surface area contributed by atoms with E-state index in [4.69, 9.17) is 4.74 Å². The molecule has 0 saturated heterocycles. The first-order valence-corrected chi connectivity index (χ1v) is 9.82. The molecule has 0 spiro atoms. The quantitative estimate of drug-likeness (QED) is 0.629. The first-order chi connectivity index (χ1) is 12.8. The minimum Gasteiger partial charge on any atom is -0.490 e.